The van der Waals surface area contributed by atoms with E-state index in [0.717, 1.165) is 12.0 Å². The predicted molar refractivity (Wildman–Crippen MR) is 65.1 cm³/mol. The Balaban J connectivity index is 2.34. The third-order valence-electron chi connectivity index (χ3n) is 4.46. The molecular formula is C15H18O. The van der Waals surface area contributed by atoms with Crippen LogP contribution < -0.4 is 0 Å². The van der Waals surface area contributed by atoms with Gasteiger partial charge in [-0.15, -0.1) is 0 Å². The van der Waals surface area contributed by atoms with Gasteiger partial charge in [0.15, 0.2) is 5.78 Å². The van der Waals surface area contributed by atoms with Gasteiger partial charge in [0.2, 0.25) is 0 Å². The molecule has 16 heavy (non-hydrogen) atoms. The second-order valence-corrected chi connectivity index (χ2v) is 5.38. The quantitative estimate of drug-likeness (QED) is 0.648. The second kappa shape index (κ2) is 3.19. The van der Waals surface area contributed by atoms with Crippen molar-refractivity contribution in [2.75, 3.05) is 0 Å². The summed E-state index contributed by atoms with van der Waals surface area (Å²) in [7, 11) is 0. The number of ketones is 1. The molecule has 84 valence electrons. The smallest absolute Gasteiger partial charge is 0.166 e. The minimum absolute atomic E-state index is 0.204. The van der Waals surface area contributed by atoms with Crippen LogP contribution in [-0.2, 0) is 19.3 Å². The number of hydrogen-bond acceptors (Lipinski definition) is 1. The van der Waals surface area contributed by atoms with E-state index in [1.165, 1.54) is 41.5 Å². The Labute approximate surface area is 96.9 Å². The van der Waals surface area contributed by atoms with E-state index in [0.29, 0.717) is 5.78 Å². The summed E-state index contributed by atoms with van der Waals surface area (Å²) in [4.78, 5) is 12.2. The Hall–Kier alpha value is -1.11. The van der Waals surface area contributed by atoms with Crippen LogP contribution in [0.4, 0.5) is 0 Å². The van der Waals surface area contributed by atoms with E-state index >= 15 is 0 Å². The molecule has 2 aliphatic rings. The molecule has 0 amide bonds. The standard InChI is InChI=1S/C15H18O/c1-8-7-13-9(2)11-5-4-6-12(11)10(3)14(13)15(8)16/h8H,4-7H2,1-3H3. The fourth-order valence-electron chi connectivity index (χ4n) is 3.55. The molecular weight excluding hydrogens is 196 g/mol. The molecule has 1 heteroatoms. The highest BCUT2D eigenvalue weighted by Gasteiger charge is 2.33. The molecule has 2 aliphatic carbocycles. The zero-order valence-corrected chi connectivity index (χ0v) is 10.3. The average Bonchev–Trinajstić information content (AvgIpc) is 2.83. The van der Waals surface area contributed by atoms with Crippen molar-refractivity contribution < 1.29 is 4.79 Å². The predicted octanol–water partition coefficient (Wildman–Crippen LogP) is 3.17. The fraction of sp³-hybridized carbons (Fsp3) is 0.533. The highest BCUT2D eigenvalue weighted by Crippen LogP contribution is 2.39. The van der Waals surface area contributed by atoms with Crippen LogP contribution in [0.5, 0.6) is 0 Å². The first-order valence-corrected chi connectivity index (χ1v) is 6.29. The second-order valence-electron chi connectivity index (χ2n) is 5.38. The Kier molecular flexibility index (Phi) is 2.01. The molecule has 1 nitrogen and oxygen atoms in total. The van der Waals surface area contributed by atoms with Crippen molar-refractivity contribution in [3.8, 4) is 0 Å². The number of rotatable bonds is 0. The van der Waals surface area contributed by atoms with Gasteiger partial charge in [-0.3, -0.25) is 4.79 Å². The number of fused-ring (bicyclic) bond motifs is 2. The van der Waals surface area contributed by atoms with Gasteiger partial charge in [0.05, 0.1) is 0 Å². The molecule has 0 aliphatic heterocycles. The van der Waals surface area contributed by atoms with Crippen molar-refractivity contribution in [2.45, 2.75) is 46.5 Å². The summed E-state index contributed by atoms with van der Waals surface area (Å²) in [5.74, 6) is 0.584. The van der Waals surface area contributed by atoms with Crippen molar-refractivity contribution >= 4 is 5.78 Å². The van der Waals surface area contributed by atoms with Crippen LogP contribution in [0.2, 0.25) is 0 Å². The number of hydrogen-bond donors (Lipinski definition) is 0. The van der Waals surface area contributed by atoms with Crippen molar-refractivity contribution in [3.05, 3.63) is 33.4 Å². The first-order chi connectivity index (χ1) is 7.61. The Morgan fingerprint density at radius 2 is 1.62 bits per heavy atom. The van der Waals surface area contributed by atoms with Gasteiger partial charge in [-0.05, 0) is 67.3 Å². The third kappa shape index (κ3) is 1.09. The number of carbonyl (C=O) groups excluding carboxylic acids is 1. The van der Waals surface area contributed by atoms with Crippen LogP contribution in [0.1, 0.15) is 51.5 Å². The van der Waals surface area contributed by atoms with Crippen LogP contribution in [0, 0.1) is 19.8 Å². The van der Waals surface area contributed by atoms with Crippen molar-refractivity contribution in [3.63, 3.8) is 0 Å². The van der Waals surface area contributed by atoms with E-state index in [1.54, 1.807) is 5.56 Å². The minimum atomic E-state index is 0.204. The molecule has 0 saturated carbocycles. The van der Waals surface area contributed by atoms with Gasteiger partial charge in [0.25, 0.3) is 0 Å². The van der Waals surface area contributed by atoms with Gasteiger partial charge in [-0.2, -0.15) is 0 Å². The molecule has 0 fully saturated rings. The minimum Gasteiger partial charge on any atom is -0.294 e. The average molecular weight is 214 g/mol. The zero-order valence-electron chi connectivity index (χ0n) is 10.3. The van der Waals surface area contributed by atoms with Crippen molar-refractivity contribution in [2.24, 2.45) is 5.92 Å². The topological polar surface area (TPSA) is 17.1 Å². The monoisotopic (exact) mass is 214 g/mol. The van der Waals surface area contributed by atoms with Crippen LogP contribution in [0.3, 0.4) is 0 Å². The van der Waals surface area contributed by atoms with Gasteiger partial charge in [0, 0.05) is 11.5 Å². The lowest BCUT2D eigenvalue weighted by atomic mass is 9.90. The highest BCUT2D eigenvalue weighted by molar-refractivity contribution is 6.04. The van der Waals surface area contributed by atoms with Gasteiger partial charge in [0.1, 0.15) is 0 Å². The maximum Gasteiger partial charge on any atom is 0.166 e. The van der Waals surface area contributed by atoms with E-state index in [-0.39, 0.29) is 5.92 Å². The lowest BCUT2D eigenvalue weighted by Crippen LogP contribution is -2.06. The molecule has 1 unspecified atom stereocenters. The number of carbonyl (C=O) groups is 1. The van der Waals surface area contributed by atoms with E-state index in [4.69, 9.17) is 0 Å². The molecule has 0 heterocycles. The Morgan fingerprint density at radius 3 is 2.31 bits per heavy atom. The third-order valence-corrected chi connectivity index (χ3v) is 4.46. The van der Waals surface area contributed by atoms with E-state index < -0.39 is 0 Å². The molecule has 0 radical (unpaired) electrons. The van der Waals surface area contributed by atoms with Crippen molar-refractivity contribution in [1.29, 1.82) is 0 Å². The zero-order chi connectivity index (χ0) is 11.4. The fourth-order valence-corrected chi connectivity index (χ4v) is 3.55. The normalized spacial score (nSPS) is 22.4. The van der Waals surface area contributed by atoms with E-state index in [9.17, 15) is 4.79 Å². The van der Waals surface area contributed by atoms with Crippen LogP contribution in [-0.4, -0.2) is 5.78 Å². The summed E-state index contributed by atoms with van der Waals surface area (Å²) in [6.45, 7) is 6.43. The summed E-state index contributed by atoms with van der Waals surface area (Å²) in [5, 5.41) is 0. The van der Waals surface area contributed by atoms with Gasteiger partial charge in [-0.1, -0.05) is 6.92 Å². The number of benzene rings is 1. The van der Waals surface area contributed by atoms with Crippen molar-refractivity contribution in [1.82, 2.24) is 0 Å². The lowest BCUT2D eigenvalue weighted by molar-refractivity contribution is 0.0945. The molecule has 3 rings (SSSR count). The van der Waals surface area contributed by atoms with Gasteiger partial charge < -0.3 is 0 Å². The molecule has 0 bridgehead atoms. The molecule has 0 spiro atoms. The SMILES string of the molecule is Cc1c2c(c(C)c3c1CC(C)C3=O)CCC2. The van der Waals surface area contributed by atoms with Crippen LogP contribution >= 0.6 is 0 Å². The Morgan fingerprint density at radius 1 is 1.00 bits per heavy atom. The Bertz CT molecular complexity index is 497. The first kappa shape index (κ1) is 10.1. The molecule has 0 N–H and O–H groups in total. The molecule has 1 atom stereocenters. The summed E-state index contributed by atoms with van der Waals surface area (Å²) in [5.41, 5.74) is 8.19. The molecule has 1 aromatic rings. The molecule has 0 saturated heterocycles. The summed E-state index contributed by atoms with van der Waals surface area (Å²) >= 11 is 0. The van der Waals surface area contributed by atoms with Gasteiger partial charge in [-0.25, -0.2) is 0 Å². The largest absolute Gasteiger partial charge is 0.294 e. The summed E-state index contributed by atoms with van der Waals surface area (Å²) in [6.07, 6.45) is 4.63. The molecule has 1 aromatic carbocycles. The first-order valence-electron chi connectivity index (χ1n) is 6.29. The highest BCUT2D eigenvalue weighted by atomic mass is 16.1. The number of Topliss-reactive ketones (excluding diaryl/α,β-unsaturated/α-hetero) is 1. The van der Waals surface area contributed by atoms with Crippen LogP contribution in [0.15, 0.2) is 0 Å². The van der Waals surface area contributed by atoms with E-state index in [1.807, 2.05) is 0 Å². The van der Waals surface area contributed by atoms with Gasteiger partial charge >= 0.3 is 0 Å². The van der Waals surface area contributed by atoms with Crippen LogP contribution in [0.25, 0.3) is 0 Å². The maximum absolute atomic E-state index is 12.2. The lowest BCUT2D eigenvalue weighted by Gasteiger charge is -2.14. The molecule has 0 aromatic heterocycles. The summed E-state index contributed by atoms with van der Waals surface area (Å²) in [6, 6.07) is 0. The van der Waals surface area contributed by atoms with E-state index in [2.05, 4.69) is 20.8 Å². The maximum atomic E-state index is 12.2. The summed E-state index contributed by atoms with van der Waals surface area (Å²) < 4.78 is 0.